The fourth-order valence-corrected chi connectivity index (χ4v) is 3.84. The van der Waals surface area contributed by atoms with Gasteiger partial charge in [-0.3, -0.25) is 9.59 Å². The summed E-state index contributed by atoms with van der Waals surface area (Å²) >= 11 is 9.67. The van der Waals surface area contributed by atoms with Crippen molar-refractivity contribution in [3.05, 3.63) is 75.0 Å². The van der Waals surface area contributed by atoms with Gasteiger partial charge < -0.3 is 15.2 Å². The molecule has 1 amide bonds. The first-order valence-corrected chi connectivity index (χ1v) is 10.8. The molecule has 0 unspecified atom stereocenters. The summed E-state index contributed by atoms with van der Waals surface area (Å²) in [6.45, 7) is -0.242. The lowest BCUT2D eigenvalue weighted by Gasteiger charge is -2.27. The summed E-state index contributed by atoms with van der Waals surface area (Å²) in [6, 6.07) is 14.1. The van der Waals surface area contributed by atoms with Crippen LogP contribution in [-0.4, -0.2) is 23.5 Å². The topological polar surface area (TPSA) is 75.6 Å². The highest BCUT2D eigenvalue weighted by atomic mass is 79.9. The van der Waals surface area contributed by atoms with Crippen LogP contribution in [0.5, 0.6) is 5.75 Å². The molecule has 31 heavy (non-hydrogen) atoms. The molecule has 1 aliphatic rings. The minimum Gasteiger partial charge on any atom is -0.487 e. The van der Waals surface area contributed by atoms with Crippen LogP contribution in [0.3, 0.4) is 0 Å². The van der Waals surface area contributed by atoms with E-state index in [1.165, 1.54) is 6.07 Å². The molecule has 1 saturated carbocycles. The van der Waals surface area contributed by atoms with E-state index in [-0.39, 0.29) is 30.8 Å². The van der Waals surface area contributed by atoms with Crippen molar-refractivity contribution in [3.8, 4) is 5.75 Å². The zero-order chi connectivity index (χ0) is 22.4. The predicted molar refractivity (Wildman–Crippen MR) is 121 cm³/mol. The summed E-state index contributed by atoms with van der Waals surface area (Å²) in [5, 5.41) is 11.9. The molecule has 0 radical (unpaired) electrons. The molecule has 3 aromatic rings. The molecular weight excluding hydrogens is 489 g/mol. The van der Waals surface area contributed by atoms with Gasteiger partial charge in [-0.15, -0.1) is 0 Å². The molecule has 3 aromatic carbocycles. The normalized spacial score (nSPS) is 13.0. The Labute approximate surface area is 192 Å². The number of rotatable bonds is 5. The minimum atomic E-state index is -0.367. The van der Waals surface area contributed by atoms with E-state index in [0.717, 1.165) is 30.0 Å². The third kappa shape index (κ3) is 5.54. The van der Waals surface area contributed by atoms with Crippen molar-refractivity contribution in [1.82, 2.24) is 5.32 Å². The zero-order valence-electron chi connectivity index (χ0n) is 16.4. The molecule has 0 bridgehead atoms. The van der Waals surface area contributed by atoms with E-state index < -0.39 is 0 Å². The van der Waals surface area contributed by atoms with Crippen molar-refractivity contribution in [2.75, 3.05) is 0 Å². The minimum absolute atomic E-state index is 0.00838. The third-order valence-corrected chi connectivity index (χ3v) is 5.82. The van der Waals surface area contributed by atoms with Crippen LogP contribution in [0.4, 0.5) is 4.39 Å². The maximum absolute atomic E-state index is 14.2. The van der Waals surface area contributed by atoms with Crippen molar-refractivity contribution < 1.29 is 23.8 Å². The molecule has 162 valence electrons. The van der Waals surface area contributed by atoms with E-state index in [2.05, 4.69) is 21.2 Å². The molecule has 2 N–H and O–H groups in total. The first kappa shape index (κ1) is 23.0. The average molecular weight is 509 g/mol. The number of nitrogens with one attached hydrogen (secondary N) is 1. The summed E-state index contributed by atoms with van der Waals surface area (Å²) in [7, 11) is 0. The fourth-order valence-electron chi connectivity index (χ4n) is 3.23. The molecule has 1 fully saturated rings. The summed E-state index contributed by atoms with van der Waals surface area (Å²) in [6.07, 6.45) is 3.08. The number of carbonyl (C=O) groups excluding carboxylic acids is 1. The van der Waals surface area contributed by atoms with E-state index in [1.807, 2.05) is 24.3 Å². The van der Waals surface area contributed by atoms with Crippen LogP contribution in [-0.2, 0) is 11.4 Å². The second kappa shape index (κ2) is 10.6. The number of fused-ring (bicyclic) bond motifs is 1. The number of benzene rings is 3. The van der Waals surface area contributed by atoms with E-state index >= 15 is 0 Å². The number of hydrogen-bond donors (Lipinski definition) is 2. The van der Waals surface area contributed by atoms with E-state index in [4.69, 9.17) is 26.2 Å². The Morgan fingerprint density at radius 1 is 1.23 bits per heavy atom. The molecule has 0 aromatic heterocycles. The summed E-state index contributed by atoms with van der Waals surface area (Å²) in [4.78, 5) is 21.2. The third-order valence-electron chi connectivity index (χ3n) is 5.02. The van der Waals surface area contributed by atoms with Gasteiger partial charge in [-0.2, -0.15) is 0 Å². The highest BCUT2D eigenvalue weighted by Crippen LogP contribution is 2.36. The van der Waals surface area contributed by atoms with Gasteiger partial charge in [-0.25, -0.2) is 4.39 Å². The Balaban J connectivity index is 0.000000858. The van der Waals surface area contributed by atoms with Gasteiger partial charge in [0.2, 0.25) is 0 Å². The highest BCUT2D eigenvalue weighted by Gasteiger charge is 2.24. The van der Waals surface area contributed by atoms with Gasteiger partial charge in [0.25, 0.3) is 12.4 Å². The van der Waals surface area contributed by atoms with Crippen molar-refractivity contribution in [2.24, 2.45) is 0 Å². The first-order chi connectivity index (χ1) is 14.9. The Kier molecular flexibility index (Phi) is 7.87. The van der Waals surface area contributed by atoms with Crippen LogP contribution in [0.2, 0.25) is 5.02 Å². The van der Waals surface area contributed by atoms with Crippen LogP contribution >= 0.6 is 27.5 Å². The molecule has 0 spiro atoms. The summed E-state index contributed by atoms with van der Waals surface area (Å²) < 4.78 is 20.9. The molecule has 0 aliphatic heterocycles. The van der Waals surface area contributed by atoms with Gasteiger partial charge in [0.1, 0.15) is 18.2 Å². The van der Waals surface area contributed by atoms with Crippen molar-refractivity contribution in [1.29, 1.82) is 0 Å². The molecule has 8 heteroatoms. The Hall–Kier alpha value is -2.64. The molecule has 0 saturated heterocycles. The number of halogens is 3. The number of carbonyl (C=O) groups is 2. The second-order valence-electron chi connectivity index (χ2n) is 7.01. The first-order valence-electron chi connectivity index (χ1n) is 9.61. The maximum Gasteiger partial charge on any atom is 0.290 e. The molecule has 4 rings (SSSR count). The van der Waals surface area contributed by atoms with Crippen LogP contribution < -0.4 is 10.1 Å². The van der Waals surface area contributed by atoms with Gasteiger partial charge >= 0.3 is 0 Å². The largest absolute Gasteiger partial charge is 0.487 e. The van der Waals surface area contributed by atoms with Gasteiger partial charge in [0.15, 0.2) is 0 Å². The molecular formula is C23H20BrClFNO4. The van der Waals surface area contributed by atoms with E-state index in [1.54, 1.807) is 18.2 Å². The van der Waals surface area contributed by atoms with Gasteiger partial charge in [0.05, 0.1) is 5.56 Å². The summed E-state index contributed by atoms with van der Waals surface area (Å²) in [5.74, 6) is -0.170. The fraction of sp³-hybridized carbons (Fsp3) is 0.217. The van der Waals surface area contributed by atoms with Crippen LogP contribution in [0.25, 0.3) is 10.8 Å². The van der Waals surface area contributed by atoms with Crippen molar-refractivity contribution in [3.63, 3.8) is 0 Å². The Bertz CT molecular complexity index is 1100. The predicted octanol–water partition coefficient (Wildman–Crippen LogP) is 5.96. The van der Waals surface area contributed by atoms with E-state index in [9.17, 15) is 9.18 Å². The van der Waals surface area contributed by atoms with Crippen molar-refractivity contribution in [2.45, 2.75) is 31.9 Å². The lowest BCUT2D eigenvalue weighted by molar-refractivity contribution is -0.122. The Morgan fingerprint density at radius 2 is 1.90 bits per heavy atom. The molecule has 5 nitrogen and oxygen atoms in total. The highest BCUT2D eigenvalue weighted by molar-refractivity contribution is 9.10. The maximum atomic E-state index is 14.2. The lowest BCUT2D eigenvalue weighted by atomic mass is 9.92. The van der Waals surface area contributed by atoms with Gasteiger partial charge in [-0.05, 0) is 37.5 Å². The number of amides is 1. The monoisotopic (exact) mass is 507 g/mol. The van der Waals surface area contributed by atoms with Gasteiger partial charge in [-0.1, -0.05) is 57.9 Å². The number of ether oxygens (including phenoxy) is 1. The number of hydrogen-bond acceptors (Lipinski definition) is 3. The van der Waals surface area contributed by atoms with Crippen LogP contribution in [0.1, 0.15) is 35.2 Å². The van der Waals surface area contributed by atoms with Crippen LogP contribution in [0, 0.1) is 5.82 Å². The molecule has 0 atom stereocenters. The lowest BCUT2D eigenvalue weighted by Crippen LogP contribution is -2.39. The summed E-state index contributed by atoms with van der Waals surface area (Å²) in [5.41, 5.74) is 0.778. The second-order valence-corrected chi connectivity index (χ2v) is 8.33. The quantitative estimate of drug-likeness (QED) is 0.417. The standard InChI is InChI=1S/C22H18BrClFNO2.CH2O2/c23-14-9-8-13(20(25)10-14)12-28-21-17-7-2-1-6-16(17)19(24)11-18(21)22(27)26-15-4-3-5-15;2-1-3/h1-2,6-11,15H,3-5,12H2,(H,26,27);1H,(H,2,3). The van der Waals surface area contributed by atoms with Crippen LogP contribution in [0.15, 0.2) is 53.0 Å². The molecule has 1 aliphatic carbocycles. The van der Waals surface area contributed by atoms with E-state index in [0.29, 0.717) is 26.4 Å². The Morgan fingerprint density at radius 3 is 2.52 bits per heavy atom. The molecule has 0 heterocycles. The average Bonchev–Trinajstić information content (AvgIpc) is 2.71. The zero-order valence-corrected chi connectivity index (χ0v) is 18.7. The van der Waals surface area contributed by atoms with Gasteiger partial charge in [0, 0.05) is 31.9 Å². The van der Waals surface area contributed by atoms with Crippen molar-refractivity contribution >= 4 is 50.7 Å². The smallest absolute Gasteiger partial charge is 0.290 e. The number of carboxylic acid groups (broad SMARTS) is 1. The SMILES string of the molecule is O=C(NC1CCC1)c1cc(Cl)c2ccccc2c1OCc1ccc(Br)cc1F.O=CO.